The van der Waals surface area contributed by atoms with Gasteiger partial charge in [-0.15, -0.1) is 0 Å². The molecule has 0 aromatic heterocycles. The molecule has 28 heavy (non-hydrogen) atoms. The van der Waals surface area contributed by atoms with E-state index in [1.165, 1.54) is 38.8 Å². The third kappa shape index (κ3) is 4.49. The van der Waals surface area contributed by atoms with E-state index in [2.05, 4.69) is 35.7 Å². The monoisotopic (exact) mass is 382 g/mol. The van der Waals surface area contributed by atoms with Gasteiger partial charge < -0.3 is 14.5 Å². The van der Waals surface area contributed by atoms with Crippen LogP contribution in [0.15, 0.2) is 54.9 Å². The first-order chi connectivity index (χ1) is 13.7. The fourth-order valence-electron chi connectivity index (χ4n) is 4.59. The van der Waals surface area contributed by atoms with E-state index in [0.29, 0.717) is 12.6 Å². The Morgan fingerprint density at radius 1 is 1.00 bits per heavy atom. The maximum Gasteiger partial charge on any atom is 0.119 e. The summed E-state index contributed by atoms with van der Waals surface area (Å²) in [6.07, 6.45) is 14.1. The number of hydrogen-bond acceptors (Lipinski definition) is 3. The predicted molar refractivity (Wildman–Crippen MR) is 113 cm³/mol. The number of piperidine rings is 1. The molecule has 0 spiro atoms. The highest BCUT2D eigenvalue weighted by Gasteiger charge is 2.27. The summed E-state index contributed by atoms with van der Waals surface area (Å²) in [4.78, 5) is 4.53. The number of rotatable bonds is 6. The second kappa shape index (κ2) is 8.95. The molecule has 0 radical (unpaired) electrons. The topological polar surface area (TPSA) is 15.7 Å². The molecule has 2 heterocycles. The molecule has 0 amide bonds. The van der Waals surface area contributed by atoms with Gasteiger partial charge in [-0.2, -0.15) is 0 Å². The number of hydrogen-bond donors (Lipinski definition) is 0. The van der Waals surface area contributed by atoms with Crippen LogP contribution in [0.2, 0.25) is 0 Å². The summed E-state index contributed by atoms with van der Waals surface area (Å²) in [7, 11) is 0. The van der Waals surface area contributed by atoms with Crippen LogP contribution in [0.3, 0.4) is 0 Å². The minimum Gasteiger partial charge on any atom is -0.490 e. The molecule has 1 saturated carbocycles. The van der Waals surface area contributed by atoms with Crippen molar-refractivity contribution in [2.75, 3.05) is 26.3 Å². The highest BCUT2D eigenvalue weighted by Crippen LogP contribution is 2.29. The molecule has 3 nitrogen and oxygen atoms in total. The molecule has 1 aliphatic carbocycles. The lowest BCUT2D eigenvalue weighted by molar-refractivity contribution is 0.0768. The number of benzene rings is 1. The van der Waals surface area contributed by atoms with E-state index in [4.69, 9.17) is 4.74 Å². The van der Waals surface area contributed by atoms with Crippen molar-refractivity contribution in [2.45, 2.75) is 50.7 Å². The highest BCUT2D eigenvalue weighted by molar-refractivity contribution is 5.76. The average Bonchev–Trinajstić information content (AvgIpc) is 3.26. The summed E-state index contributed by atoms with van der Waals surface area (Å²) >= 11 is 0. The maximum atomic E-state index is 12.7. The smallest absolute Gasteiger partial charge is 0.119 e. The van der Waals surface area contributed by atoms with Crippen LogP contribution in [0.25, 0.3) is 5.57 Å². The summed E-state index contributed by atoms with van der Waals surface area (Å²) in [5, 5.41) is 0. The summed E-state index contributed by atoms with van der Waals surface area (Å²) in [6, 6.07) is 9.10. The third-order valence-corrected chi connectivity index (χ3v) is 6.25. The van der Waals surface area contributed by atoms with Crippen LogP contribution in [0.1, 0.15) is 44.1 Å². The zero-order valence-electron chi connectivity index (χ0n) is 16.7. The molecular weight excluding hydrogens is 351 g/mol. The zero-order chi connectivity index (χ0) is 19.3. The van der Waals surface area contributed by atoms with Crippen molar-refractivity contribution in [2.24, 2.45) is 0 Å². The number of nitrogens with zero attached hydrogens (tertiary/aromatic N) is 2. The Labute approximate surface area is 168 Å². The molecule has 0 N–H and O–H groups in total. The molecular formula is C24H31FN2O. The molecule has 4 heteroatoms. The first kappa shape index (κ1) is 19.3. The normalized spacial score (nSPS) is 22.0. The van der Waals surface area contributed by atoms with E-state index in [9.17, 15) is 4.39 Å². The van der Waals surface area contributed by atoms with Crippen molar-refractivity contribution in [3.8, 4) is 5.75 Å². The number of halogens is 1. The van der Waals surface area contributed by atoms with E-state index < -0.39 is 0 Å². The fourth-order valence-corrected chi connectivity index (χ4v) is 4.59. The van der Waals surface area contributed by atoms with Crippen LogP contribution in [-0.2, 0) is 0 Å². The number of allylic oxidation sites excluding steroid dienone is 3. The Balaban J connectivity index is 1.32. The van der Waals surface area contributed by atoms with Crippen molar-refractivity contribution in [1.29, 1.82) is 0 Å². The van der Waals surface area contributed by atoms with Crippen molar-refractivity contribution >= 4 is 5.57 Å². The minimum absolute atomic E-state index is 0.320. The average molecular weight is 383 g/mol. The van der Waals surface area contributed by atoms with Crippen molar-refractivity contribution < 1.29 is 9.13 Å². The second-order valence-corrected chi connectivity index (χ2v) is 8.11. The summed E-state index contributed by atoms with van der Waals surface area (Å²) < 4.78 is 19.0. The van der Waals surface area contributed by atoms with Gasteiger partial charge in [-0.1, -0.05) is 37.6 Å². The van der Waals surface area contributed by atoms with Gasteiger partial charge in [-0.25, -0.2) is 4.39 Å². The molecule has 0 bridgehead atoms. The molecule has 4 rings (SSSR count). The Hall–Kier alpha value is -2.07. The van der Waals surface area contributed by atoms with Crippen molar-refractivity contribution in [3.05, 3.63) is 60.5 Å². The van der Waals surface area contributed by atoms with Gasteiger partial charge in [0, 0.05) is 31.0 Å². The number of alkyl halides is 1. The van der Waals surface area contributed by atoms with E-state index in [1.807, 2.05) is 23.3 Å². The number of ether oxygens (including phenoxy) is 1. The van der Waals surface area contributed by atoms with Gasteiger partial charge in [0.25, 0.3) is 0 Å². The van der Waals surface area contributed by atoms with Gasteiger partial charge in [0.2, 0.25) is 0 Å². The minimum atomic E-state index is -0.386. The van der Waals surface area contributed by atoms with Crippen molar-refractivity contribution in [1.82, 2.24) is 9.80 Å². The second-order valence-electron chi connectivity index (χ2n) is 8.11. The van der Waals surface area contributed by atoms with Gasteiger partial charge in [0.15, 0.2) is 0 Å². The van der Waals surface area contributed by atoms with Crippen LogP contribution < -0.4 is 4.74 Å². The van der Waals surface area contributed by atoms with Gasteiger partial charge in [0.1, 0.15) is 18.5 Å². The van der Waals surface area contributed by atoms with Crippen LogP contribution in [0, 0.1) is 0 Å². The summed E-state index contributed by atoms with van der Waals surface area (Å²) in [6.45, 7) is 6.24. The Morgan fingerprint density at radius 3 is 2.39 bits per heavy atom. The maximum absolute atomic E-state index is 12.7. The van der Waals surface area contributed by atoms with E-state index in [-0.39, 0.29) is 6.67 Å². The fraction of sp³-hybridized carbons (Fsp3) is 0.500. The molecule has 1 aromatic rings. The van der Waals surface area contributed by atoms with Crippen molar-refractivity contribution in [3.63, 3.8) is 0 Å². The Morgan fingerprint density at radius 2 is 1.71 bits per heavy atom. The van der Waals surface area contributed by atoms with Crippen LogP contribution >= 0.6 is 0 Å². The van der Waals surface area contributed by atoms with Gasteiger partial charge >= 0.3 is 0 Å². The lowest BCUT2D eigenvalue weighted by Gasteiger charge is -2.36. The van der Waals surface area contributed by atoms with Crippen LogP contribution in [0.4, 0.5) is 4.39 Å². The Kier molecular flexibility index (Phi) is 6.16. The first-order valence-electron chi connectivity index (χ1n) is 10.7. The first-order valence-corrected chi connectivity index (χ1v) is 10.7. The lowest BCUT2D eigenvalue weighted by atomic mass is 10.0. The third-order valence-electron chi connectivity index (χ3n) is 6.25. The van der Waals surface area contributed by atoms with Crippen LogP contribution in [-0.4, -0.2) is 48.3 Å². The number of likely N-dealkylation sites (tertiary alicyclic amines) is 1. The quantitative estimate of drug-likeness (QED) is 0.675. The molecule has 1 aromatic carbocycles. The predicted octanol–water partition coefficient (Wildman–Crippen LogP) is 5.17. The Bertz CT molecular complexity index is 725. The van der Waals surface area contributed by atoms with Gasteiger partial charge in [0.05, 0.1) is 6.54 Å². The molecule has 3 aliphatic rings. The lowest BCUT2D eigenvalue weighted by Crippen LogP contribution is -2.43. The van der Waals surface area contributed by atoms with E-state index in [0.717, 1.165) is 41.5 Å². The standard InChI is InChI=1S/C24H31FN2O/c1-19-6-7-21(18-27(19)17-14-25)20-8-10-23(11-9-20)28-24-12-15-26(16-13-24)22-4-2-3-5-22/h6-11,18,22,24H,1-5,12-17H2. The van der Waals surface area contributed by atoms with Gasteiger partial charge in [-0.05, 0) is 55.0 Å². The molecule has 2 aliphatic heterocycles. The van der Waals surface area contributed by atoms with Crippen LogP contribution in [0.5, 0.6) is 5.75 Å². The zero-order valence-corrected chi connectivity index (χ0v) is 16.7. The SMILES string of the molecule is C=C1C=CC(c2ccc(OC3CCN(C4CCCC4)CC3)cc2)=CN1CCF. The molecule has 0 atom stereocenters. The largest absolute Gasteiger partial charge is 0.490 e. The molecule has 1 saturated heterocycles. The van der Waals surface area contributed by atoms with E-state index in [1.54, 1.807) is 0 Å². The van der Waals surface area contributed by atoms with Gasteiger partial charge in [-0.3, -0.25) is 0 Å². The van der Waals surface area contributed by atoms with E-state index >= 15 is 0 Å². The molecule has 0 unspecified atom stereocenters. The summed E-state index contributed by atoms with van der Waals surface area (Å²) in [5.41, 5.74) is 3.00. The summed E-state index contributed by atoms with van der Waals surface area (Å²) in [5.74, 6) is 0.938. The molecule has 2 fully saturated rings. The molecule has 150 valence electrons. The highest BCUT2D eigenvalue weighted by atomic mass is 19.1.